The average molecular weight is 399 g/mol. The zero-order chi connectivity index (χ0) is 20.3. The van der Waals surface area contributed by atoms with E-state index in [4.69, 9.17) is 4.42 Å². The van der Waals surface area contributed by atoms with Crippen LogP contribution in [-0.2, 0) is 11.2 Å². The van der Waals surface area contributed by atoms with Crippen LogP contribution in [0, 0.1) is 0 Å². The van der Waals surface area contributed by atoms with Crippen molar-refractivity contribution in [2.24, 2.45) is 0 Å². The molecule has 0 spiro atoms. The molecule has 1 aliphatic rings. The summed E-state index contributed by atoms with van der Waals surface area (Å²) < 4.78 is 5.83. The molecule has 1 aliphatic heterocycles. The number of nitrogens with zero attached hydrogens (tertiary/aromatic N) is 2. The molecular formula is C25H25N3O2. The number of likely N-dealkylation sites (tertiary alicyclic amines) is 1. The van der Waals surface area contributed by atoms with Crippen LogP contribution in [0.4, 0.5) is 0 Å². The predicted octanol–water partition coefficient (Wildman–Crippen LogP) is 5.16. The van der Waals surface area contributed by atoms with Crippen LogP contribution >= 0.6 is 0 Å². The summed E-state index contributed by atoms with van der Waals surface area (Å²) in [6.07, 6.45) is 6.86. The Labute approximate surface area is 175 Å². The second kappa shape index (κ2) is 8.19. The summed E-state index contributed by atoms with van der Waals surface area (Å²) >= 11 is 0. The topological polar surface area (TPSA) is 62.1 Å². The van der Waals surface area contributed by atoms with Gasteiger partial charge >= 0.3 is 0 Å². The van der Waals surface area contributed by atoms with Gasteiger partial charge in [-0.05, 0) is 30.4 Å². The number of piperidine rings is 1. The van der Waals surface area contributed by atoms with E-state index in [1.54, 1.807) is 6.20 Å². The van der Waals surface area contributed by atoms with Crippen molar-refractivity contribution in [1.82, 2.24) is 14.9 Å². The van der Waals surface area contributed by atoms with Crippen molar-refractivity contribution in [2.45, 2.75) is 31.6 Å². The Kier molecular flexibility index (Phi) is 5.10. The molecule has 1 fully saturated rings. The SMILES string of the molecule is O=C(CCc1ncc(-c2ccccc2)o1)N1CCC(c2c[nH]c3ccccc23)CC1. The smallest absolute Gasteiger partial charge is 0.223 e. The molecule has 1 saturated heterocycles. The van der Waals surface area contributed by atoms with Gasteiger partial charge in [0, 0.05) is 48.6 Å². The largest absolute Gasteiger partial charge is 0.441 e. The van der Waals surface area contributed by atoms with E-state index in [1.165, 1.54) is 16.5 Å². The molecule has 1 amide bonds. The highest BCUT2D eigenvalue weighted by Gasteiger charge is 2.25. The first-order chi connectivity index (χ1) is 14.8. The third kappa shape index (κ3) is 3.75. The Morgan fingerprint density at radius 3 is 2.67 bits per heavy atom. The molecule has 4 aromatic rings. The van der Waals surface area contributed by atoms with E-state index in [0.29, 0.717) is 24.7 Å². The third-order valence-electron chi connectivity index (χ3n) is 6.07. The first-order valence-electron chi connectivity index (χ1n) is 10.6. The zero-order valence-electron chi connectivity index (χ0n) is 16.9. The van der Waals surface area contributed by atoms with Gasteiger partial charge in [-0.15, -0.1) is 0 Å². The minimum absolute atomic E-state index is 0.187. The number of rotatable bonds is 5. The minimum Gasteiger partial charge on any atom is -0.441 e. The molecule has 0 aliphatic carbocycles. The zero-order valence-corrected chi connectivity index (χ0v) is 16.9. The molecule has 2 aromatic carbocycles. The number of oxazole rings is 1. The Morgan fingerprint density at radius 1 is 1.07 bits per heavy atom. The molecule has 0 radical (unpaired) electrons. The highest BCUT2D eigenvalue weighted by molar-refractivity contribution is 5.83. The summed E-state index contributed by atoms with van der Waals surface area (Å²) in [5.74, 6) is 2.06. The predicted molar refractivity (Wildman–Crippen MR) is 117 cm³/mol. The van der Waals surface area contributed by atoms with Crippen molar-refractivity contribution < 1.29 is 9.21 Å². The Balaban J connectivity index is 1.15. The van der Waals surface area contributed by atoms with Crippen LogP contribution in [-0.4, -0.2) is 33.9 Å². The fourth-order valence-electron chi connectivity index (χ4n) is 4.41. The Hall–Kier alpha value is -3.34. The summed E-state index contributed by atoms with van der Waals surface area (Å²) in [6.45, 7) is 1.62. The monoisotopic (exact) mass is 399 g/mol. The molecule has 30 heavy (non-hydrogen) atoms. The molecule has 0 atom stereocenters. The first kappa shape index (κ1) is 18.7. The number of carbonyl (C=O) groups is 1. The lowest BCUT2D eigenvalue weighted by Crippen LogP contribution is -2.38. The maximum absolute atomic E-state index is 12.7. The number of aromatic amines is 1. The summed E-state index contributed by atoms with van der Waals surface area (Å²) in [6, 6.07) is 18.3. The minimum atomic E-state index is 0.187. The molecule has 5 nitrogen and oxygen atoms in total. The summed E-state index contributed by atoms with van der Waals surface area (Å²) in [4.78, 5) is 22.4. The fraction of sp³-hybridized carbons (Fsp3) is 0.280. The van der Waals surface area contributed by atoms with Crippen LogP contribution in [0.3, 0.4) is 0 Å². The fourth-order valence-corrected chi connectivity index (χ4v) is 4.41. The van der Waals surface area contributed by atoms with Gasteiger partial charge < -0.3 is 14.3 Å². The number of aryl methyl sites for hydroxylation is 1. The van der Waals surface area contributed by atoms with E-state index >= 15 is 0 Å². The summed E-state index contributed by atoms with van der Waals surface area (Å²) in [7, 11) is 0. The quantitative estimate of drug-likeness (QED) is 0.504. The van der Waals surface area contributed by atoms with Crippen molar-refractivity contribution in [3.8, 4) is 11.3 Å². The number of hydrogen-bond donors (Lipinski definition) is 1. The standard InChI is InChI=1S/C25H25N3O2/c29-25(11-10-24-27-17-23(30-24)19-6-2-1-3-7-19)28-14-12-18(13-15-28)21-16-26-22-9-5-4-8-20(21)22/h1-9,16-18,26H,10-15H2. The molecule has 0 unspecified atom stereocenters. The highest BCUT2D eigenvalue weighted by Crippen LogP contribution is 2.33. The van der Waals surface area contributed by atoms with Gasteiger partial charge in [0.1, 0.15) is 0 Å². The number of amides is 1. The molecule has 0 saturated carbocycles. The number of hydrogen-bond acceptors (Lipinski definition) is 3. The van der Waals surface area contributed by atoms with Gasteiger partial charge in [-0.3, -0.25) is 4.79 Å². The van der Waals surface area contributed by atoms with E-state index < -0.39 is 0 Å². The summed E-state index contributed by atoms with van der Waals surface area (Å²) in [5.41, 5.74) is 3.57. The van der Waals surface area contributed by atoms with Crippen molar-refractivity contribution >= 4 is 16.8 Å². The maximum Gasteiger partial charge on any atom is 0.223 e. The second-order valence-electron chi connectivity index (χ2n) is 7.93. The molecule has 1 N–H and O–H groups in total. The number of nitrogens with one attached hydrogen (secondary N) is 1. The van der Waals surface area contributed by atoms with Gasteiger partial charge in [0.15, 0.2) is 11.7 Å². The first-order valence-corrected chi connectivity index (χ1v) is 10.6. The van der Waals surface area contributed by atoms with E-state index in [-0.39, 0.29) is 5.91 Å². The highest BCUT2D eigenvalue weighted by atomic mass is 16.4. The number of carbonyl (C=O) groups excluding carboxylic acids is 1. The normalized spacial score (nSPS) is 15.0. The van der Waals surface area contributed by atoms with E-state index in [9.17, 15) is 4.79 Å². The molecule has 0 bridgehead atoms. The van der Waals surface area contributed by atoms with Gasteiger partial charge in [-0.1, -0.05) is 48.5 Å². The van der Waals surface area contributed by atoms with Crippen LogP contribution in [0.5, 0.6) is 0 Å². The lowest BCUT2D eigenvalue weighted by molar-refractivity contribution is -0.132. The van der Waals surface area contributed by atoms with Crippen LogP contribution in [0.1, 0.15) is 36.6 Å². The van der Waals surface area contributed by atoms with Gasteiger partial charge in [-0.25, -0.2) is 4.98 Å². The van der Waals surface area contributed by atoms with Gasteiger partial charge in [-0.2, -0.15) is 0 Å². The van der Waals surface area contributed by atoms with Gasteiger partial charge in [0.2, 0.25) is 5.91 Å². The number of fused-ring (bicyclic) bond motifs is 1. The second-order valence-corrected chi connectivity index (χ2v) is 7.93. The maximum atomic E-state index is 12.7. The molecular weight excluding hydrogens is 374 g/mol. The lowest BCUT2D eigenvalue weighted by Gasteiger charge is -2.32. The van der Waals surface area contributed by atoms with Gasteiger partial charge in [0.25, 0.3) is 0 Å². The molecule has 2 aromatic heterocycles. The summed E-state index contributed by atoms with van der Waals surface area (Å²) in [5, 5.41) is 1.31. The van der Waals surface area contributed by atoms with Gasteiger partial charge in [0.05, 0.1) is 6.20 Å². The Morgan fingerprint density at radius 2 is 1.83 bits per heavy atom. The van der Waals surface area contributed by atoms with Crippen molar-refractivity contribution in [3.63, 3.8) is 0 Å². The molecule has 5 rings (SSSR count). The van der Waals surface area contributed by atoms with Crippen LogP contribution in [0.2, 0.25) is 0 Å². The Bertz CT molecular complexity index is 1140. The van der Waals surface area contributed by atoms with Crippen molar-refractivity contribution in [1.29, 1.82) is 0 Å². The van der Waals surface area contributed by atoms with Crippen LogP contribution < -0.4 is 0 Å². The molecule has 152 valence electrons. The molecule has 5 heteroatoms. The van der Waals surface area contributed by atoms with E-state index in [1.807, 2.05) is 35.2 Å². The molecule has 3 heterocycles. The van der Waals surface area contributed by atoms with Crippen LogP contribution in [0.25, 0.3) is 22.2 Å². The van der Waals surface area contributed by atoms with E-state index in [2.05, 4.69) is 40.4 Å². The lowest BCUT2D eigenvalue weighted by atomic mass is 9.89. The number of aromatic nitrogens is 2. The van der Waals surface area contributed by atoms with E-state index in [0.717, 1.165) is 37.3 Å². The van der Waals surface area contributed by atoms with Crippen LogP contribution in [0.15, 0.2) is 71.4 Å². The number of para-hydroxylation sites is 1. The number of benzene rings is 2. The average Bonchev–Trinajstić information content (AvgIpc) is 3.46. The number of H-pyrrole nitrogens is 1. The third-order valence-corrected chi connectivity index (χ3v) is 6.07. The van der Waals surface area contributed by atoms with Crippen molar-refractivity contribution in [2.75, 3.05) is 13.1 Å². The van der Waals surface area contributed by atoms with Crippen molar-refractivity contribution in [3.05, 3.63) is 78.4 Å².